The molecule has 4 N–H and O–H groups in total. The molecule has 0 spiro atoms. The molecule has 3 heterocycles. The van der Waals surface area contributed by atoms with E-state index in [1.54, 1.807) is 30.3 Å². The van der Waals surface area contributed by atoms with Gasteiger partial charge in [0, 0.05) is 16.5 Å². The number of aliphatic hydroxyl groups excluding tert-OH is 1. The number of benzene rings is 1. The molecule has 5 atom stereocenters. The van der Waals surface area contributed by atoms with Crippen molar-refractivity contribution >= 4 is 31.0 Å². The van der Waals surface area contributed by atoms with E-state index in [1.807, 2.05) is 0 Å². The Kier molecular flexibility index (Phi) is 5.31. The lowest BCUT2D eigenvalue weighted by Gasteiger charge is -2.19. The molecule has 3 aromatic rings. The highest BCUT2D eigenvalue weighted by molar-refractivity contribution is 7.32. The van der Waals surface area contributed by atoms with Gasteiger partial charge in [-0.25, -0.2) is 15.0 Å². The molecule has 2 unspecified atom stereocenters. The fraction of sp³-hybridized carbons (Fsp3) is 0.294. The van der Waals surface area contributed by atoms with Crippen molar-refractivity contribution in [3.63, 3.8) is 0 Å². The van der Waals surface area contributed by atoms with Crippen LogP contribution >= 0.6 is 8.25 Å². The molecule has 1 saturated heterocycles. The number of aromatic nitrogens is 4. The summed E-state index contributed by atoms with van der Waals surface area (Å²) in [6.07, 6.45) is -1.67. The Morgan fingerprint density at radius 3 is 2.79 bits per heavy atom. The molecule has 1 aliphatic heterocycles. The van der Waals surface area contributed by atoms with Gasteiger partial charge in [-0.3, -0.25) is 9.36 Å². The number of carbonyl (C=O) groups excluding carboxylic acids is 1. The monoisotopic (exact) mass is 418 g/mol. The first kappa shape index (κ1) is 19.5. The number of hydrogen-bond donors (Lipinski definition) is 3. The molecule has 11 nitrogen and oxygen atoms in total. The first-order valence-corrected chi connectivity index (χ1v) is 9.77. The van der Waals surface area contributed by atoms with Crippen molar-refractivity contribution in [2.24, 2.45) is 0 Å². The maximum Gasteiger partial charge on any atom is 0.695 e. The number of nitrogens with zero attached hydrogens (tertiary/aromatic N) is 4. The zero-order chi connectivity index (χ0) is 20.5. The average molecular weight is 418 g/mol. The summed E-state index contributed by atoms with van der Waals surface area (Å²) in [5.74, 6) is -0.349. The van der Waals surface area contributed by atoms with E-state index in [2.05, 4.69) is 15.0 Å². The first-order valence-electron chi connectivity index (χ1n) is 8.64. The molecular formula is C17H17N5O6P+. The van der Waals surface area contributed by atoms with Gasteiger partial charge < -0.3 is 15.6 Å². The van der Waals surface area contributed by atoms with Gasteiger partial charge in [0.1, 0.15) is 24.1 Å². The van der Waals surface area contributed by atoms with Crippen LogP contribution in [0.25, 0.3) is 11.2 Å². The molecule has 0 saturated carbocycles. The van der Waals surface area contributed by atoms with Gasteiger partial charge in [-0.15, -0.1) is 9.42 Å². The molecule has 29 heavy (non-hydrogen) atoms. The predicted octanol–water partition coefficient (Wildman–Crippen LogP) is 0.975. The molecule has 150 valence electrons. The second-order valence-corrected chi connectivity index (χ2v) is 7.13. The van der Waals surface area contributed by atoms with Crippen molar-refractivity contribution in [3.05, 3.63) is 48.5 Å². The number of hydrogen-bond acceptors (Lipinski definition) is 9. The SMILES string of the molecule is Nc1ncnc2c1ncn2[C@@H]1O[C@H](C(O[P+](=O)O)C(=O)c2ccccc2)C[C@H]1O. The number of imidazole rings is 1. The van der Waals surface area contributed by atoms with Gasteiger partial charge in [-0.1, -0.05) is 30.3 Å². The molecule has 0 bridgehead atoms. The highest BCUT2D eigenvalue weighted by Crippen LogP contribution is 2.36. The largest absolute Gasteiger partial charge is 0.695 e. The van der Waals surface area contributed by atoms with E-state index in [0.717, 1.165) is 0 Å². The molecule has 0 radical (unpaired) electrons. The lowest BCUT2D eigenvalue weighted by Crippen LogP contribution is -2.35. The van der Waals surface area contributed by atoms with Crippen LogP contribution in [0.15, 0.2) is 43.0 Å². The second-order valence-electron chi connectivity index (χ2n) is 6.45. The highest BCUT2D eigenvalue weighted by atomic mass is 31.1. The third-order valence-electron chi connectivity index (χ3n) is 4.64. The van der Waals surface area contributed by atoms with E-state index in [0.29, 0.717) is 16.7 Å². The number of ether oxygens (including phenoxy) is 1. The van der Waals surface area contributed by atoms with E-state index in [-0.39, 0.29) is 12.2 Å². The molecule has 0 amide bonds. The summed E-state index contributed by atoms with van der Waals surface area (Å²) in [6, 6.07) is 8.20. The summed E-state index contributed by atoms with van der Waals surface area (Å²) < 4.78 is 23.6. The summed E-state index contributed by atoms with van der Waals surface area (Å²) in [6.45, 7) is 0. The molecular weight excluding hydrogens is 401 g/mol. The van der Waals surface area contributed by atoms with Gasteiger partial charge in [0.2, 0.25) is 6.10 Å². The van der Waals surface area contributed by atoms with Crippen molar-refractivity contribution in [2.75, 3.05) is 5.73 Å². The zero-order valence-electron chi connectivity index (χ0n) is 14.9. The van der Waals surface area contributed by atoms with Gasteiger partial charge in [0.25, 0.3) is 0 Å². The van der Waals surface area contributed by atoms with Crippen LogP contribution in [0.1, 0.15) is 23.0 Å². The lowest BCUT2D eigenvalue weighted by atomic mass is 10.00. The fourth-order valence-electron chi connectivity index (χ4n) is 3.33. The van der Waals surface area contributed by atoms with E-state index in [4.69, 9.17) is 15.0 Å². The molecule has 1 aliphatic rings. The van der Waals surface area contributed by atoms with Crippen molar-refractivity contribution in [2.45, 2.75) is 31.0 Å². The Bertz CT molecular complexity index is 1060. The maximum atomic E-state index is 12.8. The number of aliphatic hydroxyl groups is 1. The van der Waals surface area contributed by atoms with Crippen LogP contribution in [0.3, 0.4) is 0 Å². The minimum absolute atomic E-state index is 0.00266. The second kappa shape index (κ2) is 7.90. The van der Waals surface area contributed by atoms with Crippen molar-refractivity contribution < 1.29 is 28.6 Å². The fourth-order valence-corrected chi connectivity index (χ4v) is 3.76. The van der Waals surface area contributed by atoms with Gasteiger partial charge in [-0.05, 0) is 0 Å². The quantitative estimate of drug-likeness (QED) is 0.388. The van der Waals surface area contributed by atoms with Crippen molar-refractivity contribution in [1.82, 2.24) is 19.5 Å². The number of Topliss-reactive ketones (excluding diaryl/α,β-unsaturated/α-hetero) is 1. The first-order chi connectivity index (χ1) is 14.0. The predicted molar refractivity (Wildman–Crippen MR) is 99.7 cm³/mol. The molecule has 1 fully saturated rings. The molecule has 1 aromatic carbocycles. The van der Waals surface area contributed by atoms with E-state index >= 15 is 0 Å². The summed E-state index contributed by atoms with van der Waals surface area (Å²) in [7, 11) is -3.07. The van der Waals surface area contributed by atoms with E-state index < -0.39 is 38.6 Å². The smallest absolute Gasteiger partial charge is 0.388 e. The third kappa shape index (κ3) is 3.74. The third-order valence-corrected chi connectivity index (χ3v) is 5.04. The van der Waals surface area contributed by atoms with E-state index in [1.165, 1.54) is 17.2 Å². The van der Waals surface area contributed by atoms with E-state index in [9.17, 15) is 19.4 Å². The van der Waals surface area contributed by atoms with Crippen LogP contribution in [0.5, 0.6) is 0 Å². The van der Waals surface area contributed by atoms with Gasteiger partial charge >= 0.3 is 8.25 Å². The molecule has 0 aliphatic carbocycles. The lowest BCUT2D eigenvalue weighted by molar-refractivity contribution is -0.0610. The highest BCUT2D eigenvalue weighted by Gasteiger charge is 2.46. The number of anilines is 1. The zero-order valence-corrected chi connectivity index (χ0v) is 15.8. The number of nitrogen functional groups attached to an aromatic ring is 1. The maximum absolute atomic E-state index is 12.8. The van der Waals surface area contributed by atoms with Gasteiger partial charge in [0.05, 0.1) is 6.33 Å². The molecule has 4 rings (SSSR count). The topological polar surface area (TPSA) is 163 Å². The number of rotatable bonds is 6. The Labute approximate surface area is 165 Å². The van der Waals surface area contributed by atoms with Crippen LogP contribution in [0, 0.1) is 0 Å². The number of fused-ring (bicyclic) bond motifs is 1. The number of ketones is 1. The Balaban J connectivity index is 1.63. The minimum atomic E-state index is -3.07. The van der Waals surface area contributed by atoms with Crippen LogP contribution in [0.2, 0.25) is 0 Å². The standard InChI is InChI=1S/C17H16N5O6P/c18-15-12-16(20-7-19-15)22(8-21-12)17-10(23)6-11(27-17)14(28-29(25)26)13(24)9-4-2-1-3-5-9/h1-5,7-8,10-11,14,17,23H,6H2,(H2-,18,19,20,25,26)/p+1/t10-,11+,14?,17-/m1/s1. The Hall–Kier alpha value is -2.82. The summed E-state index contributed by atoms with van der Waals surface area (Å²) in [5, 5.41) is 10.5. The average Bonchev–Trinajstić information content (AvgIpc) is 3.30. The molecule has 2 aromatic heterocycles. The van der Waals surface area contributed by atoms with Crippen LogP contribution in [0.4, 0.5) is 5.82 Å². The van der Waals surface area contributed by atoms with Crippen LogP contribution in [-0.4, -0.2) is 53.6 Å². The normalized spacial score (nSPS) is 23.2. The Morgan fingerprint density at radius 2 is 2.07 bits per heavy atom. The van der Waals surface area contributed by atoms with Gasteiger partial charge in [0.15, 0.2) is 23.5 Å². The summed E-state index contributed by atoms with van der Waals surface area (Å²) in [4.78, 5) is 34.2. The summed E-state index contributed by atoms with van der Waals surface area (Å²) >= 11 is 0. The number of carbonyl (C=O) groups is 1. The summed E-state index contributed by atoms with van der Waals surface area (Å²) in [5.41, 5.74) is 6.77. The minimum Gasteiger partial charge on any atom is -0.388 e. The van der Waals surface area contributed by atoms with Crippen LogP contribution in [-0.2, 0) is 13.8 Å². The van der Waals surface area contributed by atoms with Gasteiger partial charge in [-0.2, -0.15) is 0 Å². The van der Waals surface area contributed by atoms with Crippen LogP contribution < -0.4 is 5.73 Å². The van der Waals surface area contributed by atoms with Crippen molar-refractivity contribution in [3.8, 4) is 0 Å². The molecule has 12 heteroatoms. The van der Waals surface area contributed by atoms with Crippen molar-refractivity contribution in [1.29, 1.82) is 0 Å². The Morgan fingerprint density at radius 1 is 1.31 bits per heavy atom. The number of nitrogens with two attached hydrogens (primary N) is 1.